The Kier molecular flexibility index (Phi) is 5.53. The summed E-state index contributed by atoms with van der Waals surface area (Å²) in [5, 5.41) is 0. The zero-order chi connectivity index (χ0) is 15.2. The molecular weight excluding hydrogens is 264 g/mol. The van der Waals surface area contributed by atoms with Gasteiger partial charge in [-0.05, 0) is 25.2 Å². The highest BCUT2D eigenvalue weighted by molar-refractivity contribution is 5.92. The van der Waals surface area contributed by atoms with E-state index in [-0.39, 0.29) is 5.91 Å². The number of anilines is 1. The molecule has 1 fully saturated rings. The van der Waals surface area contributed by atoms with E-state index in [1.807, 2.05) is 13.1 Å². The Morgan fingerprint density at radius 3 is 3.00 bits per heavy atom. The van der Waals surface area contributed by atoms with Crippen LogP contribution < -0.4 is 4.90 Å². The molecule has 2 rings (SSSR count). The van der Waals surface area contributed by atoms with E-state index in [2.05, 4.69) is 28.7 Å². The highest BCUT2D eigenvalue weighted by atomic mass is 16.2. The Morgan fingerprint density at radius 2 is 2.29 bits per heavy atom. The maximum absolute atomic E-state index is 12.4. The molecule has 0 bridgehead atoms. The topological polar surface area (TPSA) is 49.3 Å². The predicted octanol–water partition coefficient (Wildman–Crippen LogP) is 2.59. The highest BCUT2D eigenvalue weighted by Gasteiger charge is 2.20. The number of carbonyl (C=O) groups is 1. The van der Waals surface area contributed by atoms with Crippen molar-refractivity contribution >= 4 is 11.7 Å². The number of carbonyl (C=O) groups excluding carboxylic acids is 1. The molecule has 21 heavy (non-hydrogen) atoms. The summed E-state index contributed by atoms with van der Waals surface area (Å²) in [6.07, 6.45) is 6.07. The molecule has 5 nitrogen and oxygen atoms in total. The van der Waals surface area contributed by atoms with Crippen molar-refractivity contribution < 1.29 is 4.79 Å². The summed E-state index contributed by atoms with van der Waals surface area (Å²) in [5.41, 5.74) is 0.497. The molecular formula is C16H26N4O. The van der Waals surface area contributed by atoms with Crippen molar-refractivity contribution in [2.24, 2.45) is 5.92 Å². The second kappa shape index (κ2) is 7.38. The van der Waals surface area contributed by atoms with Crippen molar-refractivity contribution in [1.82, 2.24) is 14.9 Å². The molecule has 0 spiro atoms. The van der Waals surface area contributed by atoms with E-state index >= 15 is 0 Å². The fourth-order valence-electron chi connectivity index (χ4n) is 2.73. The van der Waals surface area contributed by atoms with Gasteiger partial charge >= 0.3 is 0 Å². The summed E-state index contributed by atoms with van der Waals surface area (Å²) in [6.45, 7) is 7.18. The lowest BCUT2D eigenvalue weighted by Crippen LogP contribution is -2.35. The molecule has 0 radical (unpaired) electrons. The lowest BCUT2D eigenvalue weighted by Gasteiger charge is -2.31. The van der Waals surface area contributed by atoms with Crippen LogP contribution in [0.3, 0.4) is 0 Å². The zero-order valence-corrected chi connectivity index (χ0v) is 13.4. The number of nitrogens with zero attached hydrogens (tertiary/aromatic N) is 4. The Morgan fingerprint density at radius 1 is 1.48 bits per heavy atom. The fraction of sp³-hybridized carbons (Fsp3) is 0.688. The number of rotatable bonds is 5. The standard InChI is InChI=1S/C16H26N4O/c1-4-5-8-19(3)16(21)14-10-15(18-12-17-14)20-9-6-7-13(2)11-20/h10,12-13H,4-9,11H2,1-3H3. The highest BCUT2D eigenvalue weighted by Crippen LogP contribution is 2.21. The minimum Gasteiger partial charge on any atom is -0.356 e. The molecule has 1 aliphatic heterocycles. The average molecular weight is 290 g/mol. The Hall–Kier alpha value is -1.65. The number of aromatic nitrogens is 2. The zero-order valence-electron chi connectivity index (χ0n) is 13.4. The third-order valence-electron chi connectivity index (χ3n) is 4.05. The van der Waals surface area contributed by atoms with Crippen LogP contribution >= 0.6 is 0 Å². The molecule has 2 heterocycles. The van der Waals surface area contributed by atoms with Crippen LogP contribution in [0.4, 0.5) is 5.82 Å². The van der Waals surface area contributed by atoms with Gasteiger partial charge in [-0.25, -0.2) is 9.97 Å². The minimum absolute atomic E-state index is 0.0165. The van der Waals surface area contributed by atoms with Crippen LogP contribution in [0.5, 0.6) is 0 Å². The van der Waals surface area contributed by atoms with Gasteiger partial charge in [0.25, 0.3) is 5.91 Å². The summed E-state index contributed by atoms with van der Waals surface area (Å²) in [5.74, 6) is 1.54. The first-order valence-corrected chi connectivity index (χ1v) is 7.94. The molecule has 5 heteroatoms. The number of amides is 1. The van der Waals surface area contributed by atoms with E-state index in [0.717, 1.165) is 38.3 Å². The first kappa shape index (κ1) is 15.7. The molecule has 0 saturated carbocycles. The molecule has 0 aromatic carbocycles. The SMILES string of the molecule is CCCCN(C)C(=O)c1cc(N2CCCC(C)C2)ncn1. The van der Waals surface area contributed by atoms with Gasteiger partial charge in [-0.1, -0.05) is 20.3 Å². The molecule has 1 saturated heterocycles. The largest absolute Gasteiger partial charge is 0.356 e. The smallest absolute Gasteiger partial charge is 0.272 e. The van der Waals surface area contributed by atoms with Crippen LogP contribution in [0.2, 0.25) is 0 Å². The van der Waals surface area contributed by atoms with E-state index in [1.54, 1.807) is 4.90 Å². The summed E-state index contributed by atoms with van der Waals surface area (Å²) < 4.78 is 0. The van der Waals surface area contributed by atoms with E-state index in [0.29, 0.717) is 11.6 Å². The average Bonchev–Trinajstić information content (AvgIpc) is 2.52. The Labute approximate surface area is 127 Å². The third-order valence-corrected chi connectivity index (χ3v) is 4.05. The van der Waals surface area contributed by atoms with Crippen molar-refractivity contribution in [3.63, 3.8) is 0 Å². The van der Waals surface area contributed by atoms with E-state index in [9.17, 15) is 4.79 Å². The van der Waals surface area contributed by atoms with Gasteiger partial charge in [0.15, 0.2) is 0 Å². The van der Waals surface area contributed by atoms with Gasteiger partial charge < -0.3 is 9.80 Å². The number of hydrogen-bond acceptors (Lipinski definition) is 4. The van der Waals surface area contributed by atoms with E-state index in [4.69, 9.17) is 0 Å². The first-order chi connectivity index (χ1) is 10.1. The van der Waals surface area contributed by atoms with Crippen molar-refractivity contribution in [2.75, 3.05) is 31.6 Å². The van der Waals surface area contributed by atoms with Gasteiger partial charge in [-0.3, -0.25) is 4.79 Å². The normalized spacial score (nSPS) is 18.6. The maximum atomic E-state index is 12.4. The van der Waals surface area contributed by atoms with Gasteiger partial charge in [0.1, 0.15) is 17.8 Å². The summed E-state index contributed by atoms with van der Waals surface area (Å²) >= 11 is 0. The Bertz CT molecular complexity index is 477. The first-order valence-electron chi connectivity index (χ1n) is 7.94. The molecule has 116 valence electrons. The summed E-state index contributed by atoms with van der Waals surface area (Å²) in [7, 11) is 1.84. The van der Waals surface area contributed by atoms with E-state index < -0.39 is 0 Å². The van der Waals surface area contributed by atoms with Crippen molar-refractivity contribution in [2.45, 2.75) is 39.5 Å². The Balaban J connectivity index is 2.08. The fourth-order valence-corrected chi connectivity index (χ4v) is 2.73. The predicted molar refractivity (Wildman–Crippen MR) is 84.5 cm³/mol. The number of hydrogen-bond donors (Lipinski definition) is 0. The third kappa shape index (κ3) is 4.16. The number of piperidine rings is 1. The lowest BCUT2D eigenvalue weighted by molar-refractivity contribution is 0.0787. The molecule has 1 amide bonds. The van der Waals surface area contributed by atoms with Gasteiger partial charge in [0.05, 0.1) is 0 Å². The number of unbranched alkanes of at least 4 members (excludes halogenated alkanes) is 1. The van der Waals surface area contributed by atoms with Crippen molar-refractivity contribution in [3.05, 3.63) is 18.1 Å². The van der Waals surface area contributed by atoms with Gasteiger partial charge in [0, 0.05) is 32.7 Å². The monoisotopic (exact) mass is 290 g/mol. The van der Waals surface area contributed by atoms with Crippen molar-refractivity contribution in [3.8, 4) is 0 Å². The molecule has 1 aromatic heterocycles. The lowest BCUT2D eigenvalue weighted by atomic mass is 10.0. The van der Waals surface area contributed by atoms with Crippen LogP contribution in [0, 0.1) is 5.92 Å². The molecule has 1 aromatic rings. The second-order valence-electron chi connectivity index (χ2n) is 6.04. The van der Waals surface area contributed by atoms with Crippen LogP contribution in [0.25, 0.3) is 0 Å². The van der Waals surface area contributed by atoms with Gasteiger partial charge in [-0.15, -0.1) is 0 Å². The summed E-state index contributed by atoms with van der Waals surface area (Å²) in [6, 6.07) is 1.84. The van der Waals surface area contributed by atoms with Crippen LogP contribution in [0.1, 0.15) is 50.0 Å². The van der Waals surface area contributed by atoms with Crippen LogP contribution in [-0.4, -0.2) is 47.5 Å². The molecule has 1 aliphatic rings. The minimum atomic E-state index is -0.0165. The molecule has 1 atom stereocenters. The maximum Gasteiger partial charge on any atom is 0.272 e. The molecule has 0 aliphatic carbocycles. The summed E-state index contributed by atoms with van der Waals surface area (Å²) in [4.78, 5) is 24.9. The van der Waals surface area contributed by atoms with Gasteiger partial charge in [0.2, 0.25) is 0 Å². The van der Waals surface area contributed by atoms with Crippen LogP contribution in [0.15, 0.2) is 12.4 Å². The van der Waals surface area contributed by atoms with Gasteiger partial charge in [-0.2, -0.15) is 0 Å². The molecule has 0 N–H and O–H groups in total. The van der Waals surface area contributed by atoms with Crippen molar-refractivity contribution in [1.29, 1.82) is 0 Å². The second-order valence-corrected chi connectivity index (χ2v) is 6.04. The molecule has 1 unspecified atom stereocenters. The van der Waals surface area contributed by atoms with Crippen LogP contribution in [-0.2, 0) is 0 Å². The van der Waals surface area contributed by atoms with E-state index in [1.165, 1.54) is 19.2 Å². The quantitative estimate of drug-likeness (QED) is 0.836.